The largest absolute Gasteiger partial charge is 0.446 e. The SMILES string of the molecule is CCCCC[C@@H]1CC(=O)C[C@@H]2C[C@H](C)OC(=O)N12. The summed E-state index contributed by atoms with van der Waals surface area (Å²) in [5.74, 6) is 0.305. The van der Waals surface area contributed by atoms with Crippen LogP contribution in [0.4, 0.5) is 4.79 Å². The molecule has 0 radical (unpaired) electrons. The first-order valence-electron chi connectivity index (χ1n) is 7.12. The molecule has 0 unspecified atom stereocenters. The molecule has 0 aromatic carbocycles. The second-order valence-corrected chi connectivity index (χ2v) is 5.59. The number of ketones is 1. The van der Waals surface area contributed by atoms with E-state index in [1.54, 1.807) is 0 Å². The summed E-state index contributed by atoms with van der Waals surface area (Å²) in [5.41, 5.74) is 0. The fourth-order valence-corrected chi connectivity index (χ4v) is 3.13. The molecule has 0 N–H and O–H groups in total. The topological polar surface area (TPSA) is 46.6 Å². The zero-order valence-corrected chi connectivity index (χ0v) is 11.4. The number of rotatable bonds is 4. The van der Waals surface area contributed by atoms with Crippen LogP contribution in [0.15, 0.2) is 0 Å². The van der Waals surface area contributed by atoms with Crippen molar-refractivity contribution in [3.63, 3.8) is 0 Å². The number of unbranched alkanes of at least 4 members (excludes halogenated alkanes) is 2. The lowest BCUT2D eigenvalue weighted by Gasteiger charge is -2.45. The number of carbonyl (C=O) groups is 2. The van der Waals surface area contributed by atoms with Crippen LogP contribution in [0.1, 0.15) is 58.8 Å². The highest BCUT2D eigenvalue weighted by atomic mass is 16.6. The number of ether oxygens (including phenoxy) is 1. The molecule has 2 fully saturated rings. The lowest BCUT2D eigenvalue weighted by molar-refractivity contribution is -0.127. The molecule has 2 aliphatic heterocycles. The molecule has 2 saturated heterocycles. The van der Waals surface area contributed by atoms with Gasteiger partial charge in [-0.05, 0) is 13.3 Å². The quantitative estimate of drug-likeness (QED) is 0.724. The minimum absolute atomic E-state index is 0.0547. The Morgan fingerprint density at radius 1 is 1.28 bits per heavy atom. The summed E-state index contributed by atoms with van der Waals surface area (Å²) in [4.78, 5) is 25.6. The number of Topliss-reactive ketones (excluding diaryl/α,β-unsaturated/α-hetero) is 1. The second kappa shape index (κ2) is 5.72. The van der Waals surface area contributed by atoms with E-state index in [2.05, 4.69) is 6.92 Å². The number of carbonyl (C=O) groups excluding carboxylic acids is 2. The minimum atomic E-state index is -0.215. The first kappa shape index (κ1) is 13.4. The second-order valence-electron chi connectivity index (χ2n) is 5.59. The number of cyclic esters (lactones) is 1. The Morgan fingerprint density at radius 3 is 2.78 bits per heavy atom. The average molecular weight is 253 g/mol. The molecule has 102 valence electrons. The standard InChI is InChI=1S/C14H23NO3/c1-3-4-5-6-11-8-13(16)9-12-7-10(2)18-14(17)15(11)12/h10-12H,3-9H2,1-2H3/t10-,11+,12-/m0/s1. The smallest absolute Gasteiger partial charge is 0.410 e. The number of hydrogen-bond acceptors (Lipinski definition) is 3. The Kier molecular flexibility index (Phi) is 4.25. The van der Waals surface area contributed by atoms with E-state index in [9.17, 15) is 9.59 Å². The highest BCUT2D eigenvalue weighted by Crippen LogP contribution is 2.31. The Labute approximate surface area is 109 Å². The Morgan fingerprint density at radius 2 is 2.06 bits per heavy atom. The van der Waals surface area contributed by atoms with Gasteiger partial charge in [0.15, 0.2) is 0 Å². The Bertz CT molecular complexity index is 329. The van der Waals surface area contributed by atoms with Gasteiger partial charge in [0.2, 0.25) is 0 Å². The van der Waals surface area contributed by atoms with Crippen LogP contribution in [0, 0.1) is 0 Å². The Hall–Kier alpha value is -1.06. The van der Waals surface area contributed by atoms with Gasteiger partial charge in [-0.25, -0.2) is 4.79 Å². The average Bonchev–Trinajstić information content (AvgIpc) is 2.27. The molecule has 0 aromatic heterocycles. The summed E-state index contributed by atoms with van der Waals surface area (Å²) in [7, 11) is 0. The highest BCUT2D eigenvalue weighted by Gasteiger charge is 2.42. The van der Waals surface area contributed by atoms with Crippen LogP contribution < -0.4 is 0 Å². The zero-order valence-electron chi connectivity index (χ0n) is 11.4. The third-order valence-corrected chi connectivity index (χ3v) is 3.97. The van der Waals surface area contributed by atoms with Gasteiger partial charge in [-0.2, -0.15) is 0 Å². The predicted molar refractivity (Wildman–Crippen MR) is 68.4 cm³/mol. The van der Waals surface area contributed by atoms with E-state index in [1.165, 1.54) is 0 Å². The molecule has 4 heteroatoms. The van der Waals surface area contributed by atoms with Crippen molar-refractivity contribution < 1.29 is 14.3 Å². The molecule has 2 aliphatic rings. The molecule has 0 bridgehead atoms. The first-order chi connectivity index (χ1) is 8.61. The summed E-state index contributed by atoms with van der Waals surface area (Å²) in [6, 6.07) is 0.150. The van der Waals surface area contributed by atoms with Crippen LogP contribution in [0.5, 0.6) is 0 Å². The monoisotopic (exact) mass is 253 g/mol. The van der Waals surface area contributed by atoms with Gasteiger partial charge in [-0.15, -0.1) is 0 Å². The van der Waals surface area contributed by atoms with Gasteiger partial charge in [0.05, 0.1) is 0 Å². The van der Waals surface area contributed by atoms with Crippen molar-refractivity contribution in [2.75, 3.05) is 0 Å². The first-order valence-corrected chi connectivity index (χ1v) is 7.12. The van der Waals surface area contributed by atoms with Crippen molar-refractivity contribution in [3.8, 4) is 0 Å². The van der Waals surface area contributed by atoms with E-state index in [-0.39, 0.29) is 24.3 Å². The van der Waals surface area contributed by atoms with Crippen molar-refractivity contribution >= 4 is 11.9 Å². The molecule has 0 saturated carbocycles. The van der Waals surface area contributed by atoms with Gasteiger partial charge in [0.1, 0.15) is 11.9 Å². The zero-order chi connectivity index (χ0) is 13.1. The Balaban J connectivity index is 2.03. The van der Waals surface area contributed by atoms with E-state index in [0.29, 0.717) is 18.6 Å². The van der Waals surface area contributed by atoms with E-state index in [0.717, 1.165) is 32.1 Å². The third-order valence-electron chi connectivity index (χ3n) is 3.97. The summed E-state index contributed by atoms with van der Waals surface area (Å²) in [6.45, 7) is 4.06. The molecule has 2 heterocycles. The number of amides is 1. The lowest BCUT2D eigenvalue weighted by Crippen LogP contribution is -2.57. The van der Waals surface area contributed by atoms with Crippen molar-refractivity contribution in [1.82, 2.24) is 4.90 Å². The number of nitrogens with zero attached hydrogens (tertiary/aromatic N) is 1. The fourth-order valence-electron chi connectivity index (χ4n) is 3.13. The van der Waals surface area contributed by atoms with Crippen LogP contribution in [-0.2, 0) is 9.53 Å². The van der Waals surface area contributed by atoms with Crippen molar-refractivity contribution in [3.05, 3.63) is 0 Å². The number of hydrogen-bond donors (Lipinski definition) is 0. The third kappa shape index (κ3) is 2.85. The molecular formula is C14H23NO3. The van der Waals surface area contributed by atoms with Crippen molar-refractivity contribution in [1.29, 1.82) is 0 Å². The molecule has 4 nitrogen and oxygen atoms in total. The van der Waals surface area contributed by atoms with E-state index >= 15 is 0 Å². The minimum Gasteiger partial charge on any atom is -0.446 e. The van der Waals surface area contributed by atoms with E-state index in [1.807, 2.05) is 11.8 Å². The summed E-state index contributed by atoms with van der Waals surface area (Å²) >= 11 is 0. The molecule has 1 amide bonds. The number of piperidine rings is 1. The van der Waals surface area contributed by atoms with Crippen molar-refractivity contribution in [2.24, 2.45) is 0 Å². The van der Waals surface area contributed by atoms with E-state index in [4.69, 9.17) is 4.74 Å². The van der Waals surface area contributed by atoms with Gasteiger partial charge in [-0.1, -0.05) is 26.2 Å². The van der Waals surface area contributed by atoms with Gasteiger partial charge >= 0.3 is 6.09 Å². The van der Waals surface area contributed by atoms with E-state index < -0.39 is 0 Å². The van der Waals surface area contributed by atoms with Gasteiger partial charge in [0, 0.05) is 31.3 Å². The highest BCUT2D eigenvalue weighted by molar-refractivity contribution is 5.83. The molecule has 0 aliphatic carbocycles. The maximum atomic E-state index is 12.0. The maximum Gasteiger partial charge on any atom is 0.410 e. The van der Waals surface area contributed by atoms with Gasteiger partial charge in [-0.3, -0.25) is 4.79 Å². The molecule has 3 atom stereocenters. The van der Waals surface area contributed by atoms with Crippen LogP contribution in [0.3, 0.4) is 0 Å². The molecule has 2 rings (SSSR count). The van der Waals surface area contributed by atoms with Crippen LogP contribution in [0.25, 0.3) is 0 Å². The van der Waals surface area contributed by atoms with Gasteiger partial charge < -0.3 is 9.64 Å². The summed E-state index contributed by atoms with van der Waals surface area (Å²) in [6.07, 6.45) is 5.89. The normalized spacial score (nSPS) is 32.1. The van der Waals surface area contributed by atoms with Crippen LogP contribution in [0.2, 0.25) is 0 Å². The van der Waals surface area contributed by atoms with Gasteiger partial charge in [0.25, 0.3) is 0 Å². The summed E-state index contributed by atoms with van der Waals surface area (Å²) in [5, 5.41) is 0. The number of fused-ring (bicyclic) bond motifs is 1. The predicted octanol–water partition coefficient (Wildman–Crippen LogP) is 2.90. The van der Waals surface area contributed by atoms with Crippen LogP contribution in [-0.4, -0.2) is 35.0 Å². The lowest BCUT2D eigenvalue weighted by atomic mass is 9.88. The fraction of sp³-hybridized carbons (Fsp3) is 0.857. The van der Waals surface area contributed by atoms with Crippen molar-refractivity contribution in [2.45, 2.75) is 77.0 Å². The van der Waals surface area contributed by atoms with Crippen LogP contribution >= 0.6 is 0 Å². The molecular weight excluding hydrogens is 230 g/mol. The molecule has 0 aromatic rings. The molecule has 18 heavy (non-hydrogen) atoms. The molecule has 0 spiro atoms. The summed E-state index contributed by atoms with van der Waals surface area (Å²) < 4.78 is 5.30. The maximum absolute atomic E-state index is 12.0.